The molecule has 0 aliphatic carbocycles. The highest BCUT2D eigenvalue weighted by Gasteiger charge is 2.30. The van der Waals surface area contributed by atoms with Crippen LogP contribution in [0.4, 0.5) is 17.6 Å². The molecule has 21 heavy (non-hydrogen) atoms. The Hall–Kier alpha value is -1.88. The average Bonchev–Trinajstić information content (AvgIpc) is 2.45. The number of hydrogen-bond acceptors (Lipinski definition) is 1. The number of nitrogens with one attached hydrogen (secondary N) is 1. The van der Waals surface area contributed by atoms with Crippen LogP contribution in [0.15, 0.2) is 48.5 Å². The zero-order valence-corrected chi connectivity index (χ0v) is 11.4. The summed E-state index contributed by atoms with van der Waals surface area (Å²) in [5.74, 6) is -0.371. The summed E-state index contributed by atoms with van der Waals surface area (Å²) in [6, 6.07) is 11.0. The molecule has 0 spiro atoms. The molecule has 0 aliphatic rings. The monoisotopic (exact) mass is 297 g/mol. The zero-order valence-electron chi connectivity index (χ0n) is 11.4. The second-order valence-electron chi connectivity index (χ2n) is 4.77. The van der Waals surface area contributed by atoms with Gasteiger partial charge >= 0.3 is 6.18 Å². The minimum atomic E-state index is -4.37. The van der Waals surface area contributed by atoms with Crippen molar-refractivity contribution < 1.29 is 17.6 Å². The summed E-state index contributed by atoms with van der Waals surface area (Å²) in [5.41, 5.74) is 0.258. The quantitative estimate of drug-likeness (QED) is 0.827. The van der Waals surface area contributed by atoms with Gasteiger partial charge in [0.05, 0.1) is 5.56 Å². The molecule has 0 saturated carbocycles. The molecule has 2 rings (SSSR count). The lowest BCUT2D eigenvalue weighted by atomic mass is 9.97. The lowest BCUT2D eigenvalue weighted by Gasteiger charge is -2.18. The van der Waals surface area contributed by atoms with Crippen LogP contribution in [0.5, 0.6) is 0 Å². The van der Waals surface area contributed by atoms with Gasteiger partial charge < -0.3 is 5.32 Å². The summed E-state index contributed by atoms with van der Waals surface area (Å²) in [6.45, 7) is 0. The third kappa shape index (κ3) is 3.82. The third-order valence-electron chi connectivity index (χ3n) is 3.32. The molecule has 5 heteroatoms. The molecule has 1 N–H and O–H groups in total. The van der Waals surface area contributed by atoms with Crippen LogP contribution in [0, 0.1) is 5.82 Å². The van der Waals surface area contributed by atoms with Crippen LogP contribution >= 0.6 is 0 Å². The maximum atomic E-state index is 13.8. The fraction of sp³-hybridized carbons (Fsp3) is 0.250. The zero-order chi connectivity index (χ0) is 15.5. The average molecular weight is 297 g/mol. The molecular weight excluding hydrogens is 282 g/mol. The molecule has 2 aromatic carbocycles. The van der Waals surface area contributed by atoms with E-state index in [0.29, 0.717) is 11.1 Å². The van der Waals surface area contributed by atoms with E-state index in [1.807, 2.05) is 0 Å². The number of likely N-dealkylation sites (N-methyl/N-ethyl adjacent to an activating group) is 1. The largest absolute Gasteiger partial charge is 0.416 e. The predicted octanol–water partition coefficient (Wildman–Crippen LogP) is 4.35. The normalized spacial score (nSPS) is 13.2. The lowest BCUT2D eigenvalue weighted by molar-refractivity contribution is -0.137. The van der Waals surface area contributed by atoms with Crippen molar-refractivity contribution in [1.82, 2.24) is 5.32 Å². The molecule has 0 aliphatic heterocycles. The van der Waals surface area contributed by atoms with Gasteiger partial charge in [-0.2, -0.15) is 13.2 Å². The fourth-order valence-electron chi connectivity index (χ4n) is 2.24. The topological polar surface area (TPSA) is 12.0 Å². The van der Waals surface area contributed by atoms with Crippen molar-refractivity contribution >= 4 is 0 Å². The van der Waals surface area contributed by atoms with Crippen molar-refractivity contribution in [1.29, 1.82) is 0 Å². The molecule has 2 aromatic rings. The van der Waals surface area contributed by atoms with Crippen molar-refractivity contribution in [2.24, 2.45) is 0 Å². The molecule has 1 unspecified atom stereocenters. The van der Waals surface area contributed by atoms with Gasteiger partial charge in [-0.15, -0.1) is 0 Å². The van der Waals surface area contributed by atoms with E-state index in [1.165, 1.54) is 12.1 Å². The van der Waals surface area contributed by atoms with Crippen LogP contribution in [0.25, 0.3) is 0 Å². The molecule has 1 nitrogen and oxygen atoms in total. The van der Waals surface area contributed by atoms with Crippen LogP contribution in [-0.4, -0.2) is 7.05 Å². The predicted molar refractivity (Wildman–Crippen MR) is 73.3 cm³/mol. The van der Waals surface area contributed by atoms with Crippen LogP contribution in [0.3, 0.4) is 0 Å². The number of rotatable bonds is 4. The minimum absolute atomic E-state index is 0.279. The molecular formula is C16H15F4N. The van der Waals surface area contributed by atoms with Crippen molar-refractivity contribution in [2.75, 3.05) is 7.05 Å². The number of benzene rings is 2. The molecule has 0 bridgehead atoms. The van der Waals surface area contributed by atoms with E-state index in [2.05, 4.69) is 5.32 Å². The maximum absolute atomic E-state index is 13.8. The summed E-state index contributed by atoms with van der Waals surface area (Å²) in [6.07, 6.45) is -4.09. The van der Waals surface area contributed by atoms with Crippen LogP contribution in [0.1, 0.15) is 22.7 Å². The second-order valence-corrected chi connectivity index (χ2v) is 4.77. The van der Waals surface area contributed by atoms with Gasteiger partial charge in [0.2, 0.25) is 0 Å². The second kappa shape index (κ2) is 6.26. The van der Waals surface area contributed by atoms with Gasteiger partial charge in [-0.25, -0.2) is 4.39 Å². The van der Waals surface area contributed by atoms with Crippen LogP contribution < -0.4 is 5.32 Å². The van der Waals surface area contributed by atoms with Gasteiger partial charge in [-0.05, 0) is 31.2 Å². The van der Waals surface area contributed by atoms with Crippen LogP contribution in [0.2, 0.25) is 0 Å². The van der Waals surface area contributed by atoms with Crippen molar-refractivity contribution in [3.8, 4) is 0 Å². The van der Waals surface area contributed by atoms with E-state index in [1.54, 1.807) is 31.3 Å². The van der Waals surface area contributed by atoms with Gasteiger partial charge in [0.25, 0.3) is 0 Å². The highest BCUT2D eigenvalue weighted by Crippen LogP contribution is 2.30. The number of hydrogen-bond donors (Lipinski definition) is 1. The Morgan fingerprint density at radius 2 is 1.76 bits per heavy atom. The molecule has 112 valence electrons. The number of alkyl halides is 3. The van der Waals surface area contributed by atoms with Crippen molar-refractivity contribution in [2.45, 2.75) is 18.6 Å². The molecule has 0 fully saturated rings. The Balaban J connectivity index is 2.26. The fourth-order valence-corrected chi connectivity index (χ4v) is 2.24. The first-order chi connectivity index (χ1) is 9.91. The Morgan fingerprint density at radius 3 is 2.38 bits per heavy atom. The van der Waals surface area contributed by atoms with Crippen molar-refractivity contribution in [3.63, 3.8) is 0 Å². The van der Waals surface area contributed by atoms with E-state index in [-0.39, 0.29) is 18.3 Å². The molecule has 1 atom stereocenters. The van der Waals surface area contributed by atoms with Gasteiger partial charge in [0.1, 0.15) is 5.82 Å². The maximum Gasteiger partial charge on any atom is 0.416 e. The molecule has 0 aromatic heterocycles. The first kappa shape index (κ1) is 15.5. The highest BCUT2D eigenvalue weighted by molar-refractivity contribution is 5.29. The number of halogens is 4. The van der Waals surface area contributed by atoms with Gasteiger partial charge in [0.15, 0.2) is 0 Å². The van der Waals surface area contributed by atoms with Crippen molar-refractivity contribution in [3.05, 3.63) is 71.0 Å². The van der Waals surface area contributed by atoms with E-state index in [4.69, 9.17) is 0 Å². The first-order valence-corrected chi connectivity index (χ1v) is 6.49. The van der Waals surface area contributed by atoms with E-state index in [0.717, 1.165) is 12.1 Å². The Bertz CT molecular complexity index is 607. The standard InChI is InChI=1S/C16H15F4N/c1-21-15(13-7-2-3-8-14(13)17)10-11-5-4-6-12(9-11)16(18,19)20/h2-9,15,21H,10H2,1H3. The molecule has 0 amide bonds. The van der Waals surface area contributed by atoms with Gasteiger partial charge in [-0.1, -0.05) is 36.4 Å². The highest BCUT2D eigenvalue weighted by atomic mass is 19.4. The van der Waals surface area contributed by atoms with Gasteiger partial charge in [-0.3, -0.25) is 0 Å². The Morgan fingerprint density at radius 1 is 1.05 bits per heavy atom. The van der Waals surface area contributed by atoms with Crippen LogP contribution in [-0.2, 0) is 12.6 Å². The Labute approximate surface area is 120 Å². The molecule has 0 heterocycles. The first-order valence-electron chi connectivity index (χ1n) is 6.49. The van der Waals surface area contributed by atoms with E-state index >= 15 is 0 Å². The summed E-state index contributed by atoms with van der Waals surface area (Å²) >= 11 is 0. The smallest absolute Gasteiger partial charge is 0.313 e. The minimum Gasteiger partial charge on any atom is -0.313 e. The Kier molecular flexibility index (Phi) is 4.63. The summed E-state index contributed by atoms with van der Waals surface area (Å²) in [4.78, 5) is 0. The lowest BCUT2D eigenvalue weighted by Crippen LogP contribution is -2.20. The summed E-state index contributed by atoms with van der Waals surface area (Å²) in [5, 5.41) is 2.94. The molecule has 0 saturated heterocycles. The summed E-state index contributed by atoms with van der Waals surface area (Å²) < 4.78 is 51.9. The third-order valence-corrected chi connectivity index (χ3v) is 3.32. The SMILES string of the molecule is CNC(Cc1cccc(C(F)(F)F)c1)c1ccccc1F. The van der Waals surface area contributed by atoms with E-state index < -0.39 is 11.7 Å². The van der Waals surface area contributed by atoms with E-state index in [9.17, 15) is 17.6 Å². The summed E-state index contributed by atoms with van der Waals surface area (Å²) in [7, 11) is 1.66. The molecule has 0 radical (unpaired) electrons. The van der Waals surface area contributed by atoms with Gasteiger partial charge in [0, 0.05) is 11.6 Å².